The number of guanidine groups is 4. The summed E-state index contributed by atoms with van der Waals surface area (Å²) in [6.07, 6.45) is 1.27. The molecule has 2 rings (SSSR count). The molecule has 16 atom stereocenters. The Balaban J connectivity index is 3.11. The lowest BCUT2D eigenvalue weighted by Gasteiger charge is -2.35. The minimum atomic E-state index is -2.02. The third-order valence-corrected chi connectivity index (χ3v) is 23.4. The fourth-order valence-corrected chi connectivity index (χ4v) is 15.4. The number of allylic oxidation sites excluding steroid dienone is 2. The summed E-state index contributed by atoms with van der Waals surface area (Å²) in [5.41, 5.74) is 43.1. The van der Waals surface area contributed by atoms with Crippen LogP contribution in [0.25, 0.3) is 0 Å². The molecule has 1 aromatic rings. The number of hydrogen-bond acceptors (Lipinski definition) is 28. The average molecular weight is 2050 g/mol. The van der Waals surface area contributed by atoms with Gasteiger partial charge in [0.15, 0.2) is 23.8 Å². The summed E-state index contributed by atoms with van der Waals surface area (Å²) in [4.78, 5) is 282. The van der Waals surface area contributed by atoms with Gasteiger partial charge < -0.3 is 146 Å². The van der Waals surface area contributed by atoms with Crippen molar-refractivity contribution in [3.8, 4) is 0 Å². The molecular formula is C92H158N32O21. The smallest absolute Gasteiger partial charge is 0.305 e. The zero-order valence-electron chi connectivity index (χ0n) is 84.2. The van der Waals surface area contributed by atoms with Gasteiger partial charge in [-0.2, -0.15) is 0 Å². The highest BCUT2D eigenvalue weighted by Crippen LogP contribution is 2.24. The molecule has 0 saturated heterocycles. The first kappa shape index (κ1) is 127. The van der Waals surface area contributed by atoms with Gasteiger partial charge in [-0.05, 0) is 186 Å². The van der Waals surface area contributed by atoms with Gasteiger partial charge in [0, 0.05) is 45.4 Å². The van der Waals surface area contributed by atoms with Crippen molar-refractivity contribution < 1.29 is 101 Å². The van der Waals surface area contributed by atoms with E-state index in [1.165, 1.54) is 27.7 Å². The molecule has 0 radical (unpaired) electrons. The summed E-state index contributed by atoms with van der Waals surface area (Å²) in [5, 5.41) is 87.9. The molecule has 53 heteroatoms. The number of aliphatic carboxylic acids is 1. The standard InChI is InChI=1S/C92H158N32O21/c1-51(2)45-63-82(141)115-59(29-19-22-40-93)78(137)114-60(31-24-42-107-88(99)100)76(135)110-53(5)74(133)118-65(47-55-27-17-16-18-28-55)80(139)111-54(6)75(134)123-92(8,86(145)121-64(46-52(3)4)83(142)116-62(33-26-44-109-90(103)104)79(138)119-66(49-71(129)130)81(140)112-56(50-125)34-36-68(94)126)39-21-15-13-11-9-10-12-14-20-38-91(7,85(144)120-63)122-58(35-37-69(95)127)73(132)72(131)57(30-23-41-106-87(97)98)113-77(136)61(32-25-43-108-89(101)102)117-84(143)67(124-105)48-70(96)128/h11,13,16-18,27-28,50-54,56-67,122,124H,9-10,12,14-15,19-26,29-49,93,105H2,1-8H3,(H2,94,126)(H2,95,127)(H2,96,128)(H,110,135)(H,111,139)(H,112,140)(H,113,136)(H,114,137)(H,115,141)(H,116,142)(H,117,143)(H,118,133)(H,119,138)(H,120,144)(H,121,145)(H,123,134)(H,129,130)(H4,97,98,106)(H4,99,100,107)(H4,101,102,108)(H4,103,104,109)/t53?,54?,56-,57-,58-,59?,60-,61?,62-,63-,64?,65-,66?,67-,91?,92?/m0/s1. The highest BCUT2D eigenvalue weighted by molar-refractivity contribution is 6.41. The van der Waals surface area contributed by atoms with Crippen LogP contribution in [0.5, 0.6) is 0 Å². The molecule has 0 aliphatic carbocycles. The number of hydrazine groups is 1. The molecule has 0 bridgehead atoms. The van der Waals surface area contributed by atoms with E-state index < -0.39 is 269 Å². The van der Waals surface area contributed by atoms with Crippen molar-refractivity contribution >= 4 is 142 Å². The molecule has 16 amide bonds. The zero-order valence-corrected chi connectivity index (χ0v) is 84.2. The number of nitrogens with two attached hydrogens (primary N) is 9. The molecule has 812 valence electrons. The molecule has 42 N–H and O–H groups in total. The van der Waals surface area contributed by atoms with Gasteiger partial charge in [-0.3, -0.25) is 124 Å². The summed E-state index contributed by atoms with van der Waals surface area (Å²) >= 11 is 0. The van der Waals surface area contributed by atoms with Gasteiger partial charge in [0.1, 0.15) is 78.3 Å². The van der Waals surface area contributed by atoms with Gasteiger partial charge in [-0.25, -0.2) is 5.43 Å². The largest absolute Gasteiger partial charge is 0.481 e. The fraction of sp³-hybridized carbons (Fsp3) is 0.652. The van der Waals surface area contributed by atoms with Crippen molar-refractivity contribution in [2.75, 3.05) is 32.7 Å². The van der Waals surface area contributed by atoms with Gasteiger partial charge >= 0.3 is 5.97 Å². The quantitative estimate of drug-likeness (QED) is 0.00421. The molecule has 1 heterocycles. The van der Waals surface area contributed by atoms with Crippen molar-refractivity contribution in [2.45, 2.75) is 337 Å². The monoisotopic (exact) mass is 2050 g/mol. The number of nitrogens with one attached hydrogen (secondary N) is 23. The Morgan fingerprint density at radius 3 is 1.41 bits per heavy atom. The average Bonchev–Trinajstić information content (AvgIpc) is 0.813. The number of primary amides is 3. The van der Waals surface area contributed by atoms with E-state index in [1.807, 2.05) is 6.08 Å². The van der Waals surface area contributed by atoms with E-state index in [2.05, 4.69) is 101 Å². The number of aldehydes is 1. The molecule has 0 saturated carbocycles. The van der Waals surface area contributed by atoms with Crippen LogP contribution < -0.4 is 153 Å². The lowest BCUT2D eigenvalue weighted by Crippen LogP contribution is -2.64. The Kier molecular flexibility index (Phi) is 59.0. The number of hydrogen-bond donors (Lipinski definition) is 33. The van der Waals surface area contributed by atoms with Crippen LogP contribution in [0.15, 0.2) is 42.5 Å². The Morgan fingerprint density at radius 1 is 0.455 bits per heavy atom. The number of carbonyl (C=O) groups is 20. The molecule has 0 spiro atoms. The Labute approximate surface area is 843 Å². The Hall–Kier alpha value is -14.1. The Bertz CT molecular complexity index is 4570. The lowest BCUT2D eigenvalue weighted by molar-refractivity contribution is -0.142. The highest BCUT2D eigenvalue weighted by Gasteiger charge is 2.45. The lowest BCUT2D eigenvalue weighted by atomic mass is 9.88. The predicted octanol–water partition coefficient (Wildman–Crippen LogP) is -6.92. The Morgan fingerprint density at radius 2 is 0.903 bits per heavy atom. The third kappa shape index (κ3) is 51.6. The summed E-state index contributed by atoms with van der Waals surface area (Å²) in [7, 11) is 0. The van der Waals surface area contributed by atoms with Crippen LogP contribution >= 0.6 is 0 Å². The summed E-state index contributed by atoms with van der Waals surface area (Å²) in [6, 6.07) is -13.8. The number of ketones is 2. The first-order valence-electron chi connectivity index (χ1n) is 48.8. The normalized spacial score (nSPS) is 20.6. The van der Waals surface area contributed by atoms with E-state index in [1.54, 1.807) is 64.1 Å². The molecule has 1 aliphatic heterocycles. The maximum Gasteiger partial charge on any atom is 0.305 e. The molecule has 1 aliphatic rings. The predicted molar refractivity (Wildman–Crippen MR) is 536 cm³/mol. The van der Waals surface area contributed by atoms with Crippen molar-refractivity contribution in [3.63, 3.8) is 0 Å². The van der Waals surface area contributed by atoms with Gasteiger partial charge in [0.2, 0.25) is 106 Å². The molecular weight excluding hydrogens is 1890 g/mol. The van der Waals surface area contributed by atoms with E-state index in [0.717, 1.165) is 0 Å². The van der Waals surface area contributed by atoms with Crippen molar-refractivity contribution in [2.24, 2.45) is 63.5 Å². The van der Waals surface area contributed by atoms with Crippen LogP contribution in [0.1, 0.15) is 241 Å². The molecule has 145 heavy (non-hydrogen) atoms. The second kappa shape index (κ2) is 67.4. The molecule has 0 fully saturated rings. The van der Waals surface area contributed by atoms with Crippen molar-refractivity contribution in [1.29, 1.82) is 21.6 Å². The van der Waals surface area contributed by atoms with E-state index in [-0.39, 0.29) is 167 Å². The highest BCUT2D eigenvalue weighted by atomic mass is 16.4. The summed E-state index contributed by atoms with van der Waals surface area (Å²) < 4.78 is 0. The third-order valence-electron chi connectivity index (χ3n) is 23.4. The van der Waals surface area contributed by atoms with Gasteiger partial charge in [-0.1, -0.05) is 89.4 Å². The number of carboxylic acid groups (broad SMARTS) is 1. The minimum absolute atomic E-state index is 0.00537. The second-order valence-electron chi connectivity index (χ2n) is 37.2. The number of rotatable bonds is 55. The SMILES string of the molecule is CC(C)CC(NC(=O)C1(C)CCCC=CCCCCCCC(C)(N[C@@H](CCC(N)=O)C(=O)C(=O)[C@H](CCCNC(=N)N)NC(=O)C(CCCNC(=N)N)NC(=O)[C@H](CC(N)=O)NN)C(=O)N[C@@H](CC(C)C)C(=O)NC(CCCCN)C(=O)N[C@@H](CCCNC(=N)N)C(=O)NC(C)C(=O)N[C@@H](Cc2ccccc2)C(=O)NC(C)C(=O)N1)C(=O)N[C@@H](CCCNC(=N)N)C(=O)NC(CC(=O)O)C(=O)N[C@H](C=O)CCC(N)=O. The maximum atomic E-state index is 15.7. The van der Waals surface area contributed by atoms with Crippen LogP contribution in [0.4, 0.5) is 0 Å². The van der Waals surface area contributed by atoms with E-state index >= 15 is 28.8 Å². The first-order chi connectivity index (χ1) is 68.3. The molecule has 8 unspecified atom stereocenters. The second-order valence-corrected chi connectivity index (χ2v) is 37.2. The van der Waals surface area contributed by atoms with Crippen molar-refractivity contribution in [3.05, 3.63) is 48.0 Å². The first-order valence-corrected chi connectivity index (χ1v) is 48.8. The number of benzene rings is 1. The number of carboxylic acids is 1. The number of unbranched alkanes of at least 4 members (excludes halogenated alkanes) is 1. The van der Waals surface area contributed by atoms with Crippen LogP contribution in [0.2, 0.25) is 0 Å². The molecule has 0 aromatic heterocycles. The van der Waals surface area contributed by atoms with Gasteiger partial charge in [-0.15, -0.1) is 0 Å². The molecule has 53 nitrogen and oxygen atoms in total. The topological polar surface area (TPSA) is 920 Å². The number of amides is 16. The number of carbonyl (C=O) groups excluding carboxylic acids is 19. The van der Waals surface area contributed by atoms with Gasteiger partial charge in [0.25, 0.3) is 0 Å². The number of Topliss-reactive ketones (excluding diaryl/α,β-unsaturated/α-hetero) is 2. The summed E-state index contributed by atoms with van der Waals surface area (Å²) in [6.45, 7) is 12.2. The summed E-state index contributed by atoms with van der Waals surface area (Å²) in [5.74, 6) is -16.8. The zero-order chi connectivity index (χ0) is 109. The van der Waals surface area contributed by atoms with Crippen LogP contribution in [0, 0.1) is 33.5 Å². The van der Waals surface area contributed by atoms with E-state index in [0.29, 0.717) is 37.7 Å². The van der Waals surface area contributed by atoms with Gasteiger partial charge in [0.05, 0.1) is 36.5 Å². The van der Waals surface area contributed by atoms with E-state index in [4.69, 9.17) is 73.3 Å². The van der Waals surface area contributed by atoms with E-state index in [9.17, 15) is 72.2 Å². The fourth-order valence-electron chi connectivity index (χ4n) is 15.4. The van der Waals surface area contributed by atoms with Crippen molar-refractivity contribution in [1.82, 2.24) is 101 Å². The van der Waals surface area contributed by atoms with Crippen LogP contribution in [0.3, 0.4) is 0 Å². The minimum Gasteiger partial charge on any atom is -0.481 e. The maximum absolute atomic E-state index is 15.7. The van der Waals surface area contributed by atoms with Crippen LogP contribution in [-0.2, 0) is 102 Å². The van der Waals surface area contributed by atoms with Crippen LogP contribution in [-0.4, -0.2) is 276 Å². The molecule has 1 aromatic carbocycles.